The van der Waals surface area contributed by atoms with Gasteiger partial charge in [0.25, 0.3) is 0 Å². The summed E-state index contributed by atoms with van der Waals surface area (Å²) in [6, 6.07) is 7.51. The Morgan fingerprint density at radius 3 is 1.59 bits per heavy atom. The van der Waals surface area contributed by atoms with Gasteiger partial charge >= 0.3 is 53.7 Å². The smallest absolute Gasteiger partial charge is 0.793 e. The number of carbonyl (C=O) groups excluding carboxylic acids is 6. The van der Waals surface area contributed by atoms with Gasteiger partial charge in [-0.25, -0.2) is 38.9 Å². The van der Waals surface area contributed by atoms with Gasteiger partial charge in [0.1, 0.15) is 5.78 Å². The first-order chi connectivity index (χ1) is 24.6. The number of piperidine rings is 2. The number of ether oxygens (including phenoxy) is 2. The van der Waals surface area contributed by atoms with Crippen LogP contribution in [-0.2, 0) is 43.1 Å². The number of nitrogens with zero attached hydrogens (tertiary/aromatic N) is 4. The summed E-state index contributed by atoms with van der Waals surface area (Å²) in [6.07, 6.45) is 5.44. The van der Waals surface area contributed by atoms with E-state index in [0.717, 1.165) is 32.4 Å². The number of carbonyl (C=O) groups is 6. The van der Waals surface area contributed by atoms with Gasteiger partial charge in [0.2, 0.25) is 5.97 Å². The third kappa shape index (κ3) is 26.9. The first kappa shape index (κ1) is 54.5. The number of pyridine rings is 2. The number of nitrogens with one attached hydrogen (secondary N) is 1. The minimum Gasteiger partial charge on any atom is -0.793 e. The molecule has 295 valence electrons. The van der Waals surface area contributed by atoms with Crippen LogP contribution in [0, 0.1) is 0 Å². The molecule has 0 aromatic carbocycles. The number of Topliss-reactive ketones (excluding diaryl/α,β-unsaturated/α-hetero) is 1. The SMILES string of the molecule is C.CC(=O)OOC(C)=O.CCOC(=O)N1CCC(=O)CC1.CCOC(=O)N1CCC(Nc2cccnc2Cl)CC1.Nc1cccnc1Cl.[B-]OC(C)=O.[Na+]. The van der Waals surface area contributed by atoms with Crippen LogP contribution in [0.2, 0.25) is 10.3 Å². The molecular weight excluding hydrogens is 761 g/mol. The van der Waals surface area contributed by atoms with Crippen LogP contribution in [0.5, 0.6) is 0 Å². The number of likely N-dealkylation sites (tertiary alicyclic amines) is 2. The largest absolute Gasteiger partial charge is 1.00 e. The second kappa shape index (κ2) is 32.6. The van der Waals surface area contributed by atoms with Crippen LogP contribution < -0.4 is 40.6 Å². The Labute approximate surface area is 349 Å². The minimum atomic E-state index is -0.639. The van der Waals surface area contributed by atoms with Crippen LogP contribution in [-0.4, -0.2) is 109 Å². The molecule has 0 saturated carbocycles. The number of ketones is 1. The van der Waals surface area contributed by atoms with E-state index >= 15 is 0 Å². The first-order valence-electron chi connectivity index (χ1n) is 16.0. The molecular formula is C33H49BCl2N6NaO11. The molecule has 21 heteroatoms. The normalized spacial score (nSPS) is 12.8. The summed E-state index contributed by atoms with van der Waals surface area (Å²) < 4.78 is 13.4. The van der Waals surface area contributed by atoms with E-state index in [1.807, 2.05) is 19.1 Å². The fourth-order valence-electron chi connectivity index (χ4n) is 3.80. The van der Waals surface area contributed by atoms with Crippen molar-refractivity contribution >= 4 is 78.5 Å². The summed E-state index contributed by atoms with van der Waals surface area (Å²) in [5.74, 6) is -1.51. The van der Waals surface area contributed by atoms with Gasteiger partial charge in [0, 0.05) is 78.2 Å². The van der Waals surface area contributed by atoms with Crippen LogP contribution in [0.25, 0.3) is 0 Å². The monoisotopic (exact) mass is 809 g/mol. The molecule has 2 aliphatic rings. The van der Waals surface area contributed by atoms with Crippen LogP contribution in [0.1, 0.15) is 67.7 Å². The summed E-state index contributed by atoms with van der Waals surface area (Å²) >= 11 is 11.5. The first-order valence-corrected chi connectivity index (χ1v) is 16.7. The maximum Gasteiger partial charge on any atom is 1.00 e. The van der Waals surface area contributed by atoms with Gasteiger partial charge in [-0.2, -0.15) is 0 Å². The number of hydrogen-bond acceptors (Lipinski definition) is 15. The van der Waals surface area contributed by atoms with E-state index in [9.17, 15) is 28.8 Å². The summed E-state index contributed by atoms with van der Waals surface area (Å²) in [5, 5.41) is 4.22. The van der Waals surface area contributed by atoms with Crippen LogP contribution in [0.15, 0.2) is 36.7 Å². The summed E-state index contributed by atoms with van der Waals surface area (Å²) in [6.45, 7) is 10.3. The molecule has 2 fully saturated rings. The number of nitrogens with two attached hydrogens (primary N) is 1. The molecule has 54 heavy (non-hydrogen) atoms. The minimum absolute atomic E-state index is 0. The van der Waals surface area contributed by atoms with Crippen molar-refractivity contribution in [2.45, 2.75) is 73.8 Å². The predicted molar refractivity (Wildman–Crippen MR) is 199 cm³/mol. The molecule has 2 aromatic heterocycles. The summed E-state index contributed by atoms with van der Waals surface area (Å²) in [5.41, 5.74) is 6.69. The fourth-order valence-corrected chi connectivity index (χ4v) is 4.10. The molecule has 2 aliphatic heterocycles. The number of anilines is 2. The van der Waals surface area contributed by atoms with E-state index in [2.05, 4.69) is 37.8 Å². The van der Waals surface area contributed by atoms with Gasteiger partial charge in [-0.1, -0.05) is 30.6 Å². The maximum absolute atomic E-state index is 11.6. The average molecular weight is 810 g/mol. The Balaban J connectivity index is -0.000000645. The van der Waals surface area contributed by atoms with E-state index in [-0.39, 0.29) is 55.0 Å². The van der Waals surface area contributed by atoms with E-state index in [0.29, 0.717) is 74.3 Å². The van der Waals surface area contributed by atoms with Crippen LogP contribution >= 0.6 is 23.2 Å². The van der Waals surface area contributed by atoms with Gasteiger partial charge in [-0.15, -0.1) is 0 Å². The zero-order chi connectivity index (χ0) is 39.5. The van der Waals surface area contributed by atoms with Crippen molar-refractivity contribution in [1.29, 1.82) is 0 Å². The average Bonchev–Trinajstić information content (AvgIpc) is 3.11. The number of amides is 2. The van der Waals surface area contributed by atoms with Crippen molar-refractivity contribution in [2.24, 2.45) is 0 Å². The molecule has 0 spiro atoms. The third-order valence-electron chi connectivity index (χ3n) is 6.22. The number of nitrogen functional groups attached to an aromatic ring is 1. The number of hydrogen-bond donors (Lipinski definition) is 2. The van der Waals surface area contributed by atoms with E-state index in [4.69, 9.17) is 38.4 Å². The summed E-state index contributed by atoms with van der Waals surface area (Å²) in [7, 11) is 4.32. The second-order valence-corrected chi connectivity index (χ2v) is 11.0. The molecule has 4 rings (SSSR count). The van der Waals surface area contributed by atoms with Crippen LogP contribution in [0.3, 0.4) is 0 Å². The molecule has 0 atom stereocenters. The Morgan fingerprint density at radius 1 is 0.815 bits per heavy atom. The van der Waals surface area contributed by atoms with Crippen molar-refractivity contribution in [3.63, 3.8) is 0 Å². The Hall–Kier alpha value is -3.84. The number of aromatic nitrogens is 2. The maximum atomic E-state index is 11.6. The van der Waals surface area contributed by atoms with E-state index in [1.54, 1.807) is 41.2 Å². The zero-order valence-corrected chi connectivity index (χ0v) is 34.3. The van der Waals surface area contributed by atoms with Crippen molar-refractivity contribution < 1.29 is 82.2 Å². The molecule has 0 unspecified atom stereocenters. The molecule has 3 radical (unpaired) electrons. The van der Waals surface area contributed by atoms with Crippen molar-refractivity contribution in [1.82, 2.24) is 19.8 Å². The molecule has 0 aliphatic carbocycles. The topological polar surface area (TPSA) is 219 Å². The standard InChI is InChI=1S/C13H18ClN3O2.C8H13NO3.C5H5ClN2.C4H6O4.C2H3BO2.CH4.Na/c1-2-19-13(18)17-8-5-10(6-9-17)16-11-4-3-7-15-12(11)14;1-2-12-8(11)9-5-3-7(10)4-6-9;6-5-4(7)2-1-3-8-5;1-3(5)7-8-4(2)6;1-2(4)5-3;;/h3-4,7,10,16H,2,5-6,8-9H2,1H3;2-6H2,1H3;1-3H,7H2;1-2H3;1H3;1H4;/q;;;;-1;;+1. The van der Waals surface area contributed by atoms with Gasteiger partial charge < -0.3 is 43.0 Å². The molecule has 17 nitrogen and oxygen atoms in total. The molecule has 2 saturated heterocycles. The molecule has 4 heterocycles. The number of rotatable bonds is 4. The molecule has 2 aromatic rings. The van der Waals surface area contributed by atoms with E-state index < -0.39 is 17.9 Å². The van der Waals surface area contributed by atoms with Gasteiger partial charge in [0.15, 0.2) is 10.3 Å². The third-order valence-corrected chi connectivity index (χ3v) is 6.83. The quantitative estimate of drug-likeness (QED) is 0.196. The fraction of sp³-hybridized carbons (Fsp3) is 0.515. The Bertz CT molecular complexity index is 1380. The predicted octanol–water partition coefficient (Wildman–Crippen LogP) is 2.19. The second-order valence-electron chi connectivity index (χ2n) is 10.3. The number of halogens is 2. The Morgan fingerprint density at radius 2 is 1.24 bits per heavy atom. The van der Waals surface area contributed by atoms with Gasteiger partial charge in [0.05, 0.1) is 24.6 Å². The molecule has 0 bridgehead atoms. The van der Waals surface area contributed by atoms with Crippen molar-refractivity contribution in [2.75, 3.05) is 50.4 Å². The van der Waals surface area contributed by atoms with Gasteiger partial charge in [-0.3, -0.25) is 9.59 Å². The Kier molecular flexibility index (Phi) is 32.9. The van der Waals surface area contributed by atoms with Crippen molar-refractivity contribution in [3.05, 3.63) is 47.0 Å². The van der Waals surface area contributed by atoms with Crippen LogP contribution in [0.4, 0.5) is 21.0 Å². The molecule has 3 N–H and O–H groups in total. The van der Waals surface area contributed by atoms with Gasteiger partial charge in [-0.05, 0) is 51.0 Å². The molecule has 2 amide bonds. The van der Waals surface area contributed by atoms with E-state index in [1.165, 1.54) is 6.92 Å². The van der Waals surface area contributed by atoms with Crippen molar-refractivity contribution in [3.8, 4) is 0 Å². The summed E-state index contributed by atoms with van der Waals surface area (Å²) in [4.78, 5) is 81.3. The zero-order valence-electron chi connectivity index (χ0n) is 30.8.